The van der Waals surface area contributed by atoms with E-state index in [1.807, 2.05) is 54.6 Å². The summed E-state index contributed by atoms with van der Waals surface area (Å²) >= 11 is 13.4. The fraction of sp³-hybridized carbons (Fsp3) is 0.120. The van der Waals surface area contributed by atoms with Crippen LogP contribution in [0.5, 0.6) is 11.5 Å². The van der Waals surface area contributed by atoms with Gasteiger partial charge in [0.05, 0.1) is 10.0 Å². The van der Waals surface area contributed by atoms with Crippen LogP contribution in [0.4, 0.5) is 5.13 Å². The van der Waals surface area contributed by atoms with E-state index < -0.39 is 0 Å². The minimum absolute atomic E-state index is 0.119. The first-order valence-corrected chi connectivity index (χ1v) is 11.7. The zero-order valence-electron chi connectivity index (χ0n) is 17.5. The molecule has 168 valence electrons. The van der Waals surface area contributed by atoms with Crippen molar-refractivity contribution in [3.8, 4) is 11.5 Å². The third kappa shape index (κ3) is 6.96. The van der Waals surface area contributed by atoms with E-state index in [0.29, 0.717) is 34.0 Å². The largest absolute Gasteiger partial charge is 0.489 e. The number of hydrogen-bond donors (Lipinski definition) is 1. The second-order valence-electron chi connectivity index (χ2n) is 7.14. The number of ether oxygens (including phenoxy) is 2. The topological polar surface area (TPSA) is 60.5 Å². The molecule has 0 fully saturated rings. The SMILES string of the molecule is O=C(COc1ccc(OCc2ccccc2)cc1)Nc1ncc(Cc2ccc(Cl)c(Cl)c2)s1. The molecule has 0 saturated heterocycles. The quantitative estimate of drug-likeness (QED) is 0.281. The molecule has 0 spiro atoms. The van der Waals surface area contributed by atoms with Gasteiger partial charge in [-0.25, -0.2) is 4.98 Å². The molecule has 1 aromatic heterocycles. The van der Waals surface area contributed by atoms with Gasteiger partial charge < -0.3 is 9.47 Å². The zero-order valence-corrected chi connectivity index (χ0v) is 19.8. The molecule has 1 N–H and O–H groups in total. The van der Waals surface area contributed by atoms with Gasteiger partial charge in [-0.05, 0) is 47.5 Å². The maximum Gasteiger partial charge on any atom is 0.264 e. The van der Waals surface area contributed by atoms with E-state index in [2.05, 4.69) is 10.3 Å². The number of benzene rings is 3. The summed E-state index contributed by atoms with van der Waals surface area (Å²) in [7, 11) is 0. The number of carbonyl (C=O) groups excluding carboxylic acids is 1. The van der Waals surface area contributed by atoms with Gasteiger partial charge >= 0.3 is 0 Å². The fourth-order valence-electron chi connectivity index (χ4n) is 2.98. The molecule has 33 heavy (non-hydrogen) atoms. The third-order valence-electron chi connectivity index (χ3n) is 4.60. The van der Waals surface area contributed by atoms with Crippen molar-refractivity contribution in [2.75, 3.05) is 11.9 Å². The van der Waals surface area contributed by atoms with Crippen LogP contribution in [-0.2, 0) is 17.8 Å². The summed E-state index contributed by atoms with van der Waals surface area (Å²) in [5.41, 5.74) is 2.11. The van der Waals surface area contributed by atoms with E-state index in [4.69, 9.17) is 32.7 Å². The normalized spacial score (nSPS) is 10.6. The Morgan fingerprint density at radius 3 is 2.33 bits per heavy atom. The van der Waals surface area contributed by atoms with Gasteiger partial charge in [-0.2, -0.15) is 0 Å². The van der Waals surface area contributed by atoms with Crippen molar-refractivity contribution in [3.63, 3.8) is 0 Å². The number of nitrogens with one attached hydrogen (secondary N) is 1. The second kappa shape index (κ2) is 11.2. The Bertz CT molecular complexity index is 1210. The molecule has 0 aliphatic heterocycles. The van der Waals surface area contributed by atoms with Crippen LogP contribution >= 0.6 is 34.5 Å². The van der Waals surface area contributed by atoms with E-state index in [0.717, 1.165) is 21.8 Å². The summed E-state index contributed by atoms with van der Waals surface area (Å²) < 4.78 is 11.3. The van der Waals surface area contributed by atoms with E-state index in [1.165, 1.54) is 11.3 Å². The Balaban J connectivity index is 1.22. The average molecular weight is 499 g/mol. The third-order valence-corrected chi connectivity index (χ3v) is 6.26. The van der Waals surface area contributed by atoms with Gasteiger partial charge in [0.1, 0.15) is 18.1 Å². The van der Waals surface area contributed by atoms with E-state index in [-0.39, 0.29) is 12.5 Å². The van der Waals surface area contributed by atoms with Crippen LogP contribution in [0.1, 0.15) is 16.0 Å². The molecular weight excluding hydrogens is 479 g/mol. The number of anilines is 1. The molecule has 0 radical (unpaired) electrons. The molecule has 5 nitrogen and oxygen atoms in total. The highest BCUT2D eigenvalue weighted by Crippen LogP contribution is 2.26. The lowest BCUT2D eigenvalue weighted by molar-refractivity contribution is -0.118. The number of halogens is 2. The smallest absolute Gasteiger partial charge is 0.264 e. The van der Waals surface area contributed by atoms with Crippen LogP contribution in [0.2, 0.25) is 10.0 Å². The Morgan fingerprint density at radius 2 is 1.61 bits per heavy atom. The van der Waals surface area contributed by atoms with Crippen LogP contribution in [0, 0.1) is 0 Å². The number of hydrogen-bond acceptors (Lipinski definition) is 5. The minimum atomic E-state index is -0.283. The first-order chi connectivity index (χ1) is 16.0. The number of amides is 1. The predicted octanol–water partition coefficient (Wildman–Crippen LogP) is 6.64. The van der Waals surface area contributed by atoms with Crippen LogP contribution in [0.3, 0.4) is 0 Å². The number of rotatable bonds is 9. The Kier molecular flexibility index (Phi) is 7.83. The van der Waals surface area contributed by atoms with Gasteiger partial charge in [-0.15, -0.1) is 11.3 Å². The summed E-state index contributed by atoms with van der Waals surface area (Å²) in [6.45, 7) is 0.371. The van der Waals surface area contributed by atoms with Crippen molar-refractivity contribution in [3.05, 3.63) is 105 Å². The molecule has 0 unspecified atom stereocenters. The first kappa shape index (κ1) is 23.1. The molecule has 0 aliphatic rings. The lowest BCUT2D eigenvalue weighted by Crippen LogP contribution is -2.19. The van der Waals surface area contributed by atoms with E-state index >= 15 is 0 Å². The molecule has 1 heterocycles. The Labute approximate surface area is 205 Å². The molecule has 1 amide bonds. The molecule has 0 atom stereocenters. The van der Waals surface area contributed by atoms with E-state index in [9.17, 15) is 4.79 Å². The van der Waals surface area contributed by atoms with Crippen molar-refractivity contribution in [2.24, 2.45) is 0 Å². The summed E-state index contributed by atoms with van der Waals surface area (Å²) in [5.74, 6) is 1.03. The van der Waals surface area contributed by atoms with Crippen molar-refractivity contribution in [2.45, 2.75) is 13.0 Å². The van der Waals surface area contributed by atoms with Gasteiger partial charge in [0, 0.05) is 17.5 Å². The highest BCUT2D eigenvalue weighted by Gasteiger charge is 2.09. The molecule has 3 aromatic carbocycles. The Hall–Kier alpha value is -3.06. The van der Waals surface area contributed by atoms with Crippen molar-refractivity contribution in [1.82, 2.24) is 4.98 Å². The van der Waals surface area contributed by atoms with Gasteiger partial charge in [-0.1, -0.05) is 59.6 Å². The van der Waals surface area contributed by atoms with Crippen LogP contribution in [0.15, 0.2) is 79.0 Å². The van der Waals surface area contributed by atoms with Crippen LogP contribution < -0.4 is 14.8 Å². The van der Waals surface area contributed by atoms with Gasteiger partial charge in [0.15, 0.2) is 11.7 Å². The van der Waals surface area contributed by atoms with Crippen LogP contribution in [0.25, 0.3) is 0 Å². The zero-order chi connectivity index (χ0) is 23.0. The summed E-state index contributed by atoms with van der Waals surface area (Å²) in [6, 6.07) is 22.6. The molecule has 0 saturated carbocycles. The predicted molar refractivity (Wildman–Crippen MR) is 133 cm³/mol. The summed E-state index contributed by atoms with van der Waals surface area (Å²) in [4.78, 5) is 17.5. The maximum absolute atomic E-state index is 12.2. The standard InChI is InChI=1S/C25H20Cl2N2O3S/c26-22-11-6-18(13-23(22)27)12-21-14-28-25(33-21)29-24(30)16-32-20-9-7-19(8-10-20)31-15-17-4-2-1-3-5-17/h1-11,13-14H,12,15-16H2,(H,28,29,30). The molecule has 0 aliphatic carbocycles. The second-order valence-corrected chi connectivity index (χ2v) is 9.07. The molecule has 4 rings (SSSR count). The first-order valence-electron chi connectivity index (χ1n) is 10.1. The molecule has 8 heteroatoms. The minimum Gasteiger partial charge on any atom is -0.489 e. The lowest BCUT2D eigenvalue weighted by atomic mass is 10.1. The lowest BCUT2D eigenvalue weighted by Gasteiger charge is -2.08. The Morgan fingerprint density at radius 1 is 0.879 bits per heavy atom. The molecule has 0 bridgehead atoms. The van der Waals surface area contributed by atoms with Gasteiger partial charge in [0.2, 0.25) is 0 Å². The number of thiazole rings is 1. The van der Waals surface area contributed by atoms with Crippen molar-refractivity contribution < 1.29 is 14.3 Å². The molecular formula is C25H20Cl2N2O3S. The number of aromatic nitrogens is 1. The number of nitrogens with zero attached hydrogens (tertiary/aromatic N) is 1. The van der Waals surface area contributed by atoms with Crippen LogP contribution in [-0.4, -0.2) is 17.5 Å². The maximum atomic E-state index is 12.2. The fourth-order valence-corrected chi connectivity index (χ4v) is 4.16. The number of carbonyl (C=O) groups is 1. The van der Waals surface area contributed by atoms with E-state index in [1.54, 1.807) is 24.4 Å². The monoisotopic (exact) mass is 498 g/mol. The van der Waals surface area contributed by atoms with Gasteiger partial charge in [0.25, 0.3) is 5.91 Å². The average Bonchev–Trinajstić information content (AvgIpc) is 3.26. The summed E-state index contributed by atoms with van der Waals surface area (Å²) in [5, 5.41) is 4.31. The highest BCUT2D eigenvalue weighted by molar-refractivity contribution is 7.15. The highest BCUT2D eigenvalue weighted by atomic mass is 35.5. The molecule has 4 aromatic rings. The van der Waals surface area contributed by atoms with Gasteiger partial charge in [-0.3, -0.25) is 10.1 Å². The van der Waals surface area contributed by atoms with Crippen molar-refractivity contribution in [1.29, 1.82) is 0 Å². The summed E-state index contributed by atoms with van der Waals surface area (Å²) in [6.07, 6.45) is 2.39. The van der Waals surface area contributed by atoms with Crippen molar-refractivity contribution >= 4 is 45.6 Å².